The van der Waals surface area contributed by atoms with Gasteiger partial charge in [0, 0.05) is 36.6 Å². The van der Waals surface area contributed by atoms with Gasteiger partial charge in [0.2, 0.25) is 11.7 Å². The van der Waals surface area contributed by atoms with Crippen LogP contribution in [-0.4, -0.2) is 37.0 Å². The van der Waals surface area contributed by atoms with E-state index in [1.165, 1.54) is 21.3 Å². The number of anilines is 1. The van der Waals surface area contributed by atoms with Crippen molar-refractivity contribution in [3.63, 3.8) is 0 Å². The molecule has 0 fully saturated rings. The number of carbonyl (C=O) groups excluding carboxylic acids is 1. The lowest BCUT2D eigenvalue weighted by molar-refractivity contribution is -0.116. The Morgan fingerprint density at radius 3 is 2.35 bits per heavy atom. The molecule has 0 saturated heterocycles. The zero-order chi connectivity index (χ0) is 16.8. The molecule has 2 rings (SSSR count). The number of hydrogen-bond donors (Lipinski definition) is 1. The molecule has 1 N–H and O–H groups in total. The van der Waals surface area contributed by atoms with Crippen LogP contribution in [0.15, 0.2) is 30.6 Å². The Balaban J connectivity index is 2.11. The SMILES string of the molecule is COc1cc(NC(=O)C[C@H](C)n2cccn2)cc(OC)c1OC. The average Bonchev–Trinajstić information content (AvgIpc) is 3.08. The van der Waals surface area contributed by atoms with E-state index < -0.39 is 0 Å². The van der Waals surface area contributed by atoms with Gasteiger partial charge in [-0.2, -0.15) is 5.10 Å². The first-order valence-corrected chi connectivity index (χ1v) is 7.18. The van der Waals surface area contributed by atoms with E-state index >= 15 is 0 Å². The molecule has 0 unspecified atom stereocenters. The number of nitrogens with one attached hydrogen (secondary N) is 1. The monoisotopic (exact) mass is 319 g/mol. The summed E-state index contributed by atoms with van der Waals surface area (Å²) in [4.78, 5) is 12.2. The standard InChI is InChI=1S/C16H21N3O4/c1-11(19-7-5-6-17-19)8-15(20)18-12-9-13(21-2)16(23-4)14(10-12)22-3/h5-7,9-11H,8H2,1-4H3,(H,18,20)/t11-/m0/s1. The number of rotatable bonds is 7. The molecular weight excluding hydrogens is 298 g/mol. The molecule has 0 bridgehead atoms. The Morgan fingerprint density at radius 1 is 1.22 bits per heavy atom. The molecule has 7 heteroatoms. The molecule has 0 aliphatic rings. The van der Waals surface area contributed by atoms with Gasteiger partial charge >= 0.3 is 0 Å². The van der Waals surface area contributed by atoms with Crippen LogP contribution in [0.5, 0.6) is 17.2 Å². The number of aromatic nitrogens is 2. The van der Waals surface area contributed by atoms with Crippen LogP contribution in [0.4, 0.5) is 5.69 Å². The Kier molecular flexibility index (Phi) is 5.46. The van der Waals surface area contributed by atoms with Crippen LogP contribution < -0.4 is 19.5 Å². The highest BCUT2D eigenvalue weighted by molar-refractivity contribution is 5.91. The minimum absolute atomic E-state index is 0.0351. The van der Waals surface area contributed by atoms with Gasteiger partial charge < -0.3 is 19.5 Å². The maximum Gasteiger partial charge on any atom is 0.226 e. The van der Waals surface area contributed by atoms with Gasteiger partial charge in [0.1, 0.15) is 0 Å². The summed E-state index contributed by atoms with van der Waals surface area (Å²) in [5.41, 5.74) is 0.581. The molecule has 23 heavy (non-hydrogen) atoms. The molecular formula is C16H21N3O4. The van der Waals surface area contributed by atoms with Gasteiger partial charge in [0.15, 0.2) is 11.5 Å². The van der Waals surface area contributed by atoms with Gasteiger partial charge in [0.25, 0.3) is 0 Å². The first kappa shape index (κ1) is 16.7. The summed E-state index contributed by atoms with van der Waals surface area (Å²) in [6.07, 6.45) is 3.82. The van der Waals surface area contributed by atoms with Crippen molar-refractivity contribution in [2.75, 3.05) is 26.6 Å². The largest absolute Gasteiger partial charge is 0.493 e. The van der Waals surface area contributed by atoms with Crippen molar-refractivity contribution in [2.45, 2.75) is 19.4 Å². The smallest absolute Gasteiger partial charge is 0.226 e. The average molecular weight is 319 g/mol. The van der Waals surface area contributed by atoms with Crippen LogP contribution in [-0.2, 0) is 4.79 Å². The van der Waals surface area contributed by atoms with Gasteiger partial charge in [-0.1, -0.05) is 0 Å². The number of nitrogens with zero attached hydrogens (tertiary/aromatic N) is 2. The maximum absolute atomic E-state index is 12.2. The molecule has 0 aliphatic heterocycles. The molecule has 124 valence electrons. The highest BCUT2D eigenvalue weighted by Gasteiger charge is 2.16. The van der Waals surface area contributed by atoms with E-state index in [0.717, 1.165) is 0 Å². The summed E-state index contributed by atoms with van der Waals surface area (Å²) >= 11 is 0. The van der Waals surface area contributed by atoms with Gasteiger partial charge in [-0.15, -0.1) is 0 Å². The lowest BCUT2D eigenvalue weighted by atomic mass is 10.2. The Labute approximate surface area is 135 Å². The Bertz CT molecular complexity index is 630. The fourth-order valence-corrected chi connectivity index (χ4v) is 2.27. The predicted molar refractivity (Wildman–Crippen MR) is 86.3 cm³/mol. The molecule has 1 atom stereocenters. The third-order valence-electron chi connectivity index (χ3n) is 3.41. The third-order valence-corrected chi connectivity index (χ3v) is 3.41. The predicted octanol–water partition coefficient (Wildman–Crippen LogP) is 2.50. The molecule has 0 spiro atoms. The molecule has 1 aromatic heterocycles. The van der Waals surface area contributed by atoms with Crippen molar-refractivity contribution in [1.82, 2.24) is 9.78 Å². The van der Waals surface area contributed by atoms with Crippen molar-refractivity contribution >= 4 is 11.6 Å². The zero-order valence-electron chi connectivity index (χ0n) is 13.7. The number of hydrogen-bond acceptors (Lipinski definition) is 5. The van der Waals surface area contributed by atoms with Crippen molar-refractivity contribution in [3.05, 3.63) is 30.6 Å². The van der Waals surface area contributed by atoms with Crippen LogP contribution >= 0.6 is 0 Å². The molecule has 0 saturated carbocycles. The zero-order valence-corrected chi connectivity index (χ0v) is 13.7. The molecule has 0 aliphatic carbocycles. The van der Waals surface area contributed by atoms with Crippen LogP contribution in [0.2, 0.25) is 0 Å². The second kappa shape index (κ2) is 7.53. The van der Waals surface area contributed by atoms with Crippen molar-refractivity contribution in [1.29, 1.82) is 0 Å². The van der Waals surface area contributed by atoms with E-state index in [-0.39, 0.29) is 11.9 Å². The minimum atomic E-state index is -0.123. The van der Waals surface area contributed by atoms with Crippen LogP contribution in [0, 0.1) is 0 Å². The van der Waals surface area contributed by atoms with Gasteiger partial charge in [-0.05, 0) is 13.0 Å². The summed E-state index contributed by atoms with van der Waals surface area (Å²) in [5, 5.41) is 6.97. The third kappa shape index (κ3) is 3.94. The number of methoxy groups -OCH3 is 3. The maximum atomic E-state index is 12.2. The molecule has 1 heterocycles. The normalized spacial score (nSPS) is 11.7. The van der Waals surface area contributed by atoms with Crippen LogP contribution in [0.25, 0.3) is 0 Å². The van der Waals surface area contributed by atoms with E-state index in [2.05, 4.69) is 10.4 Å². The van der Waals surface area contributed by atoms with E-state index in [4.69, 9.17) is 14.2 Å². The quantitative estimate of drug-likeness (QED) is 0.848. The summed E-state index contributed by atoms with van der Waals surface area (Å²) in [6, 6.07) is 5.18. The molecule has 1 aromatic carbocycles. The van der Waals surface area contributed by atoms with Gasteiger partial charge in [0.05, 0.1) is 27.4 Å². The van der Waals surface area contributed by atoms with Crippen molar-refractivity contribution < 1.29 is 19.0 Å². The van der Waals surface area contributed by atoms with E-state index in [1.54, 1.807) is 23.0 Å². The fourth-order valence-electron chi connectivity index (χ4n) is 2.27. The first-order chi connectivity index (χ1) is 11.1. The Hall–Kier alpha value is -2.70. The Morgan fingerprint density at radius 2 is 1.87 bits per heavy atom. The molecule has 1 amide bonds. The van der Waals surface area contributed by atoms with Gasteiger partial charge in [-0.3, -0.25) is 9.48 Å². The van der Waals surface area contributed by atoms with E-state index in [0.29, 0.717) is 29.4 Å². The minimum Gasteiger partial charge on any atom is -0.493 e. The second-order valence-corrected chi connectivity index (χ2v) is 5.00. The van der Waals surface area contributed by atoms with Crippen LogP contribution in [0.3, 0.4) is 0 Å². The van der Waals surface area contributed by atoms with E-state index in [9.17, 15) is 4.79 Å². The second-order valence-electron chi connectivity index (χ2n) is 5.00. The molecule has 7 nitrogen and oxygen atoms in total. The summed E-state index contributed by atoms with van der Waals surface area (Å²) in [7, 11) is 4.59. The lowest BCUT2D eigenvalue weighted by Gasteiger charge is -2.16. The highest BCUT2D eigenvalue weighted by atomic mass is 16.5. The molecule has 2 aromatic rings. The van der Waals surface area contributed by atoms with Crippen molar-refractivity contribution in [3.8, 4) is 17.2 Å². The first-order valence-electron chi connectivity index (χ1n) is 7.18. The van der Waals surface area contributed by atoms with E-state index in [1.807, 2.05) is 19.2 Å². The number of amides is 1. The number of benzene rings is 1. The highest BCUT2D eigenvalue weighted by Crippen LogP contribution is 2.39. The number of carbonyl (C=O) groups is 1. The summed E-state index contributed by atoms with van der Waals surface area (Å²) in [5.74, 6) is 1.34. The number of ether oxygens (including phenoxy) is 3. The van der Waals surface area contributed by atoms with Crippen molar-refractivity contribution in [2.24, 2.45) is 0 Å². The van der Waals surface area contributed by atoms with Gasteiger partial charge in [-0.25, -0.2) is 0 Å². The molecule has 0 radical (unpaired) electrons. The van der Waals surface area contributed by atoms with Crippen LogP contribution in [0.1, 0.15) is 19.4 Å². The topological polar surface area (TPSA) is 74.6 Å². The summed E-state index contributed by atoms with van der Waals surface area (Å²) < 4.78 is 17.5. The fraction of sp³-hybridized carbons (Fsp3) is 0.375. The lowest BCUT2D eigenvalue weighted by Crippen LogP contribution is -2.18. The summed E-state index contributed by atoms with van der Waals surface area (Å²) in [6.45, 7) is 1.93.